The summed E-state index contributed by atoms with van der Waals surface area (Å²) in [5, 5.41) is 4.62. The molecule has 3 heterocycles. The Kier molecular flexibility index (Phi) is 7.42. The fourth-order valence-corrected chi connectivity index (χ4v) is 7.96. The highest BCUT2D eigenvalue weighted by atomic mass is 16.3. The largest absolute Gasteiger partial charge is 0.456 e. The second-order valence-corrected chi connectivity index (χ2v) is 14.1. The van der Waals surface area contributed by atoms with Crippen molar-refractivity contribution in [3.8, 4) is 62.1 Å². The van der Waals surface area contributed by atoms with Gasteiger partial charge in [-0.3, -0.25) is 0 Å². The lowest BCUT2D eigenvalue weighted by Crippen LogP contribution is -2.00. The summed E-state index contributed by atoms with van der Waals surface area (Å²) in [5.74, 6) is 1.78. The molecule has 0 amide bonds. The summed E-state index contributed by atoms with van der Waals surface area (Å²) in [6, 6.07) is 67.6. The van der Waals surface area contributed by atoms with Crippen LogP contribution in [0.5, 0.6) is 0 Å². The Labute approximate surface area is 322 Å². The predicted molar refractivity (Wildman–Crippen MR) is 229 cm³/mol. The monoisotopic (exact) mass is 716 g/mol. The minimum atomic E-state index is 0.580. The molecule has 8 aromatic carbocycles. The van der Waals surface area contributed by atoms with Gasteiger partial charge in [0.2, 0.25) is 0 Å². The SMILES string of the molecule is c1ccc(-c2cc(-c3cccc(-n4c5ccccc5c5ccccc54)c3)cc(-c3nc(-c4ccccc4)nc(-c4ccc5c(c4)oc4ccccc45)n3)c2)cc1. The molecule has 0 saturated carbocycles. The van der Waals surface area contributed by atoms with Crippen LogP contribution in [0.1, 0.15) is 0 Å². The van der Waals surface area contributed by atoms with Gasteiger partial charge in [-0.05, 0) is 82.9 Å². The molecule has 0 radical (unpaired) electrons. The molecule has 0 N–H and O–H groups in total. The van der Waals surface area contributed by atoms with Gasteiger partial charge >= 0.3 is 0 Å². The van der Waals surface area contributed by atoms with Crippen LogP contribution < -0.4 is 0 Å². The summed E-state index contributed by atoms with van der Waals surface area (Å²) in [4.78, 5) is 15.4. The highest BCUT2D eigenvalue weighted by molar-refractivity contribution is 6.09. The summed E-state index contributed by atoms with van der Waals surface area (Å²) in [5.41, 5.74) is 12.1. The molecule has 262 valence electrons. The van der Waals surface area contributed by atoms with E-state index in [4.69, 9.17) is 19.4 Å². The molecule has 0 unspecified atom stereocenters. The first-order valence-electron chi connectivity index (χ1n) is 18.8. The second kappa shape index (κ2) is 13.0. The minimum Gasteiger partial charge on any atom is -0.456 e. The fourth-order valence-electron chi connectivity index (χ4n) is 7.96. The first-order chi connectivity index (χ1) is 27.7. The number of furan rings is 1. The van der Waals surface area contributed by atoms with Crippen LogP contribution in [0.2, 0.25) is 0 Å². The first-order valence-corrected chi connectivity index (χ1v) is 18.8. The number of hydrogen-bond donors (Lipinski definition) is 0. The molecule has 5 heteroatoms. The van der Waals surface area contributed by atoms with Crippen molar-refractivity contribution in [1.82, 2.24) is 19.5 Å². The molecule has 0 spiro atoms. The third-order valence-corrected chi connectivity index (χ3v) is 10.6. The van der Waals surface area contributed by atoms with E-state index >= 15 is 0 Å². The summed E-state index contributed by atoms with van der Waals surface area (Å²) in [7, 11) is 0. The van der Waals surface area contributed by atoms with Gasteiger partial charge in [0.1, 0.15) is 11.2 Å². The zero-order chi connectivity index (χ0) is 37.0. The third-order valence-electron chi connectivity index (χ3n) is 10.6. The fraction of sp³-hybridized carbons (Fsp3) is 0. The number of hydrogen-bond acceptors (Lipinski definition) is 4. The lowest BCUT2D eigenvalue weighted by atomic mass is 9.95. The highest BCUT2D eigenvalue weighted by Gasteiger charge is 2.17. The summed E-state index contributed by atoms with van der Waals surface area (Å²) < 4.78 is 8.65. The lowest BCUT2D eigenvalue weighted by Gasteiger charge is -2.14. The molecule has 0 saturated heterocycles. The van der Waals surface area contributed by atoms with Crippen molar-refractivity contribution >= 4 is 43.7 Å². The third kappa shape index (κ3) is 5.45. The van der Waals surface area contributed by atoms with Crippen LogP contribution in [0.15, 0.2) is 199 Å². The van der Waals surface area contributed by atoms with E-state index in [0.29, 0.717) is 17.5 Å². The van der Waals surface area contributed by atoms with Crippen molar-refractivity contribution in [2.45, 2.75) is 0 Å². The van der Waals surface area contributed by atoms with Crippen LogP contribution in [0.4, 0.5) is 0 Å². The maximum Gasteiger partial charge on any atom is 0.164 e. The molecule has 0 aliphatic rings. The maximum atomic E-state index is 6.28. The Hall–Kier alpha value is -7.63. The van der Waals surface area contributed by atoms with Gasteiger partial charge in [0.15, 0.2) is 17.5 Å². The maximum absolute atomic E-state index is 6.28. The van der Waals surface area contributed by atoms with E-state index in [0.717, 1.165) is 66.6 Å². The normalized spacial score (nSPS) is 11.6. The quantitative estimate of drug-likeness (QED) is 0.172. The molecule has 0 bridgehead atoms. The van der Waals surface area contributed by atoms with Gasteiger partial charge in [-0.15, -0.1) is 0 Å². The van der Waals surface area contributed by atoms with E-state index in [1.54, 1.807) is 0 Å². The van der Waals surface area contributed by atoms with Crippen molar-refractivity contribution in [1.29, 1.82) is 0 Å². The van der Waals surface area contributed by atoms with Crippen molar-refractivity contribution in [3.05, 3.63) is 194 Å². The Balaban J connectivity index is 1.10. The molecule has 11 rings (SSSR count). The number of aromatic nitrogens is 4. The van der Waals surface area contributed by atoms with Crippen LogP contribution in [0, 0.1) is 0 Å². The van der Waals surface area contributed by atoms with E-state index in [1.807, 2.05) is 60.7 Å². The zero-order valence-corrected chi connectivity index (χ0v) is 30.2. The molecule has 56 heavy (non-hydrogen) atoms. The Bertz CT molecular complexity index is 3200. The van der Waals surface area contributed by atoms with E-state index in [2.05, 4.69) is 138 Å². The second-order valence-electron chi connectivity index (χ2n) is 14.1. The van der Waals surface area contributed by atoms with Crippen molar-refractivity contribution < 1.29 is 4.42 Å². The van der Waals surface area contributed by atoms with Crippen LogP contribution in [0.25, 0.3) is 106 Å². The molecule has 0 aliphatic carbocycles. The Morgan fingerprint density at radius 1 is 0.304 bits per heavy atom. The predicted octanol–water partition coefficient (Wildman–Crippen LogP) is 13.2. The van der Waals surface area contributed by atoms with Crippen LogP contribution in [0.3, 0.4) is 0 Å². The number of para-hydroxylation sites is 3. The number of rotatable bonds is 6. The number of fused-ring (bicyclic) bond motifs is 6. The van der Waals surface area contributed by atoms with Gasteiger partial charge in [0.25, 0.3) is 0 Å². The van der Waals surface area contributed by atoms with E-state index in [-0.39, 0.29) is 0 Å². The summed E-state index contributed by atoms with van der Waals surface area (Å²) in [6.07, 6.45) is 0. The average molecular weight is 717 g/mol. The molecule has 11 aromatic rings. The average Bonchev–Trinajstić information content (AvgIpc) is 3.82. The summed E-state index contributed by atoms with van der Waals surface area (Å²) >= 11 is 0. The Morgan fingerprint density at radius 3 is 1.54 bits per heavy atom. The van der Waals surface area contributed by atoms with E-state index in [9.17, 15) is 0 Å². The molecule has 5 nitrogen and oxygen atoms in total. The van der Waals surface area contributed by atoms with Crippen molar-refractivity contribution in [3.63, 3.8) is 0 Å². The van der Waals surface area contributed by atoms with Gasteiger partial charge in [0.05, 0.1) is 11.0 Å². The van der Waals surface area contributed by atoms with Gasteiger partial charge in [-0.2, -0.15) is 0 Å². The number of benzene rings is 8. The standard InChI is InChI=1S/C51H32N4O/c1-3-14-33(15-4-1)37-28-38(35-18-13-19-40(31-35)55-45-23-10-7-20-41(45)42-21-8-11-24-46(42)55)30-39(29-37)51-53-49(34-16-5-2-6-17-34)52-50(54-51)36-26-27-44-43-22-9-12-25-47(43)56-48(44)32-36/h1-32H. The van der Waals surface area contributed by atoms with Crippen LogP contribution in [-0.4, -0.2) is 19.5 Å². The smallest absolute Gasteiger partial charge is 0.164 e. The van der Waals surface area contributed by atoms with Gasteiger partial charge in [-0.25, -0.2) is 15.0 Å². The van der Waals surface area contributed by atoms with E-state index < -0.39 is 0 Å². The van der Waals surface area contributed by atoms with Crippen LogP contribution >= 0.6 is 0 Å². The van der Waals surface area contributed by atoms with Crippen molar-refractivity contribution in [2.75, 3.05) is 0 Å². The molecular weight excluding hydrogens is 685 g/mol. The minimum absolute atomic E-state index is 0.580. The van der Waals surface area contributed by atoms with Gasteiger partial charge < -0.3 is 8.98 Å². The molecular formula is C51H32N4O. The molecule has 3 aromatic heterocycles. The van der Waals surface area contributed by atoms with Crippen molar-refractivity contribution in [2.24, 2.45) is 0 Å². The van der Waals surface area contributed by atoms with Gasteiger partial charge in [-0.1, -0.05) is 133 Å². The van der Waals surface area contributed by atoms with Crippen LogP contribution in [-0.2, 0) is 0 Å². The summed E-state index contributed by atoms with van der Waals surface area (Å²) in [6.45, 7) is 0. The topological polar surface area (TPSA) is 56.7 Å². The molecule has 0 atom stereocenters. The van der Waals surface area contributed by atoms with Gasteiger partial charge in [0, 0.05) is 43.9 Å². The Morgan fingerprint density at radius 2 is 0.821 bits per heavy atom. The lowest BCUT2D eigenvalue weighted by molar-refractivity contribution is 0.669. The molecule has 0 aliphatic heterocycles. The number of nitrogens with zero attached hydrogens (tertiary/aromatic N) is 4. The first kappa shape index (κ1) is 31.9. The zero-order valence-electron chi connectivity index (χ0n) is 30.2. The van der Waals surface area contributed by atoms with E-state index in [1.165, 1.54) is 21.8 Å². The molecule has 0 fully saturated rings. The highest BCUT2D eigenvalue weighted by Crippen LogP contribution is 2.37.